The van der Waals surface area contributed by atoms with Gasteiger partial charge in [0.15, 0.2) is 22.8 Å². The molecule has 0 radical (unpaired) electrons. The number of halogens is 2. The van der Waals surface area contributed by atoms with Crippen LogP contribution in [0.25, 0.3) is 22.1 Å². The molecule has 0 aliphatic carbocycles. The predicted octanol–water partition coefficient (Wildman–Crippen LogP) is 2.90. The van der Waals surface area contributed by atoms with E-state index in [0.717, 1.165) is 33.2 Å². The van der Waals surface area contributed by atoms with Crippen molar-refractivity contribution in [2.75, 3.05) is 11.9 Å². The maximum absolute atomic E-state index is 13.8. The third-order valence-corrected chi connectivity index (χ3v) is 6.03. The second-order valence-corrected chi connectivity index (χ2v) is 8.18. The van der Waals surface area contributed by atoms with E-state index in [0.29, 0.717) is 24.5 Å². The fraction of sp³-hybridized carbons (Fsp3) is 0.208. The summed E-state index contributed by atoms with van der Waals surface area (Å²) >= 11 is 0. The number of aromatic amines is 1. The van der Waals surface area contributed by atoms with Crippen molar-refractivity contribution in [2.24, 2.45) is 14.1 Å². The van der Waals surface area contributed by atoms with Gasteiger partial charge in [-0.1, -0.05) is 24.3 Å². The second kappa shape index (κ2) is 8.29. The molecule has 2 aromatic carbocycles. The topological polar surface area (TPSA) is 89.6 Å². The molecule has 5 rings (SSSR count). The average molecular weight is 464 g/mol. The lowest BCUT2D eigenvalue weighted by Gasteiger charge is -2.11. The minimum atomic E-state index is -0.976. The summed E-state index contributed by atoms with van der Waals surface area (Å²) in [5.74, 6) is -1.57. The SMILES string of the molecule is Cn1c(=O)c2c(nc(NCCc3c[nH]c4ccccc34)n2Cc2ccc(F)c(F)c2)n(C)c1=O. The standard InChI is InChI=1S/C24H22F2N6O2/c1-30-21-20(22(33)31(2)24(30)34)32(13-14-7-8-17(25)18(26)11-14)23(29-21)27-10-9-15-12-28-19-6-4-3-5-16(15)19/h3-8,11-12,28H,9-10,13H2,1-2H3,(H,27,29). The molecule has 3 heterocycles. The first kappa shape index (κ1) is 21.6. The number of aryl methyl sites for hydroxylation is 1. The van der Waals surface area contributed by atoms with Crippen LogP contribution in [0.2, 0.25) is 0 Å². The quantitative estimate of drug-likeness (QED) is 0.405. The molecule has 0 spiro atoms. The highest BCUT2D eigenvalue weighted by molar-refractivity contribution is 5.83. The normalized spacial score (nSPS) is 11.5. The summed E-state index contributed by atoms with van der Waals surface area (Å²) in [5.41, 5.74) is 2.01. The smallest absolute Gasteiger partial charge is 0.332 e. The van der Waals surface area contributed by atoms with Crippen LogP contribution in [0.1, 0.15) is 11.1 Å². The zero-order valence-corrected chi connectivity index (χ0v) is 18.6. The third-order valence-electron chi connectivity index (χ3n) is 6.03. The lowest BCUT2D eigenvalue weighted by molar-refractivity contribution is 0.506. The summed E-state index contributed by atoms with van der Waals surface area (Å²) in [7, 11) is 2.93. The molecule has 5 aromatic rings. The Morgan fingerprint density at radius 3 is 2.62 bits per heavy atom. The van der Waals surface area contributed by atoms with Gasteiger partial charge in [0.05, 0.1) is 6.54 Å². The van der Waals surface area contributed by atoms with Crippen molar-refractivity contribution < 1.29 is 8.78 Å². The van der Waals surface area contributed by atoms with Crippen molar-refractivity contribution >= 4 is 28.0 Å². The summed E-state index contributed by atoms with van der Waals surface area (Å²) in [5, 5.41) is 4.37. The van der Waals surface area contributed by atoms with Crippen LogP contribution in [0.4, 0.5) is 14.7 Å². The zero-order valence-electron chi connectivity index (χ0n) is 18.6. The van der Waals surface area contributed by atoms with Crippen molar-refractivity contribution in [3.8, 4) is 0 Å². The van der Waals surface area contributed by atoms with Gasteiger partial charge in [0.1, 0.15) is 0 Å². The van der Waals surface area contributed by atoms with E-state index in [9.17, 15) is 18.4 Å². The molecule has 3 aromatic heterocycles. The highest BCUT2D eigenvalue weighted by Crippen LogP contribution is 2.21. The van der Waals surface area contributed by atoms with Crippen LogP contribution in [0.3, 0.4) is 0 Å². The average Bonchev–Trinajstić information content (AvgIpc) is 3.41. The second-order valence-electron chi connectivity index (χ2n) is 8.18. The highest BCUT2D eigenvalue weighted by Gasteiger charge is 2.20. The number of hydrogen-bond acceptors (Lipinski definition) is 4. The van der Waals surface area contributed by atoms with E-state index in [1.165, 1.54) is 24.7 Å². The van der Waals surface area contributed by atoms with Gasteiger partial charge in [0.2, 0.25) is 5.95 Å². The van der Waals surface area contributed by atoms with Crippen LogP contribution in [-0.2, 0) is 27.1 Å². The number of aromatic nitrogens is 5. The number of anilines is 1. The fourth-order valence-corrected chi connectivity index (χ4v) is 4.20. The van der Waals surface area contributed by atoms with Gasteiger partial charge in [0, 0.05) is 37.7 Å². The Morgan fingerprint density at radius 2 is 1.82 bits per heavy atom. The zero-order chi connectivity index (χ0) is 24.0. The van der Waals surface area contributed by atoms with Gasteiger partial charge >= 0.3 is 5.69 Å². The number of nitrogens with one attached hydrogen (secondary N) is 2. The molecule has 2 N–H and O–H groups in total. The van der Waals surface area contributed by atoms with Crippen LogP contribution in [0, 0.1) is 11.6 Å². The van der Waals surface area contributed by atoms with Crippen molar-refractivity contribution in [3.63, 3.8) is 0 Å². The van der Waals surface area contributed by atoms with Gasteiger partial charge in [-0.2, -0.15) is 4.98 Å². The highest BCUT2D eigenvalue weighted by atomic mass is 19.2. The number of fused-ring (bicyclic) bond motifs is 2. The van der Waals surface area contributed by atoms with E-state index in [-0.39, 0.29) is 17.7 Å². The van der Waals surface area contributed by atoms with E-state index in [2.05, 4.69) is 15.3 Å². The molecule has 0 fully saturated rings. The molecule has 0 saturated heterocycles. The van der Waals surface area contributed by atoms with E-state index < -0.39 is 22.9 Å². The first-order valence-electron chi connectivity index (χ1n) is 10.7. The first-order chi connectivity index (χ1) is 16.3. The Balaban J connectivity index is 1.54. The third kappa shape index (κ3) is 3.57. The molecular formula is C24H22F2N6O2. The largest absolute Gasteiger partial charge is 0.361 e. The molecule has 0 aliphatic heterocycles. The van der Waals surface area contributed by atoms with Crippen molar-refractivity contribution in [1.82, 2.24) is 23.7 Å². The maximum atomic E-state index is 13.8. The van der Waals surface area contributed by atoms with Gasteiger partial charge in [0.25, 0.3) is 5.56 Å². The number of hydrogen-bond donors (Lipinski definition) is 2. The molecule has 0 aliphatic rings. The van der Waals surface area contributed by atoms with E-state index in [4.69, 9.17) is 0 Å². The molecule has 34 heavy (non-hydrogen) atoms. The van der Waals surface area contributed by atoms with Crippen LogP contribution in [0.5, 0.6) is 0 Å². The summed E-state index contributed by atoms with van der Waals surface area (Å²) in [6.07, 6.45) is 2.63. The Morgan fingerprint density at radius 1 is 1.03 bits per heavy atom. The molecule has 0 bridgehead atoms. The lowest BCUT2D eigenvalue weighted by Crippen LogP contribution is -2.37. The van der Waals surface area contributed by atoms with Gasteiger partial charge in [-0.3, -0.25) is 18.5 Å². The van der Waals surface area contributed by atoms with E-state index >= 15 is 0 Å². The minimum absolute atomic E-state index is 0.0660. The minimum Gasteiger partial charge on any atom is -0.361 e. The summed E-state index contributed by atoms with van der Waals surface area (Å²) in [4.78, 5) is 33.2. The number of para-hydroxylation sites is 1. The number of H-pyrrole nitrogens is 1. The summed E-state index contributed by atoms with van der Waals surface area (Å²) in [6, 6.07) is 11.6. The van der Waals surface area contributed by atoms with Crippen molar-refractivity contribution in [2.45, 2.75) is 13.0 Å². The van der Waals surface area contributed by atoms with E-state index in [1.807, 2.05) is 30.5 Å². The van der Waals surface area contributed by atoms with Gasteiger partial charge in [-0.15, -0.1) is 0 Å². The van der Waals surface area contributed by atoms with Crippen molar-refractivity contribution in [1.29, 1.82) is 0 Å². The molecule has 0 unspecified atom stereocenters. The predicted molar refractivity (Wildman–Crippen MR) is 126 cm³/mol. The Labute approximate surface area is 192 Å². The number of rotatable bonds is 6. The fourth-order valence-electron chi connectivity index (χ4n) is 4.20. The number of imidazole rings is 1. The Hall–Kier alpha value is -4.21. The van der Waals surface area contributed by atoms with Crippen LogP contribution < -0.4 is 16.6 Å². The van der Waals surface area contributed by atoms with Gasteiger partial charge < -0.3 is 10.3 Å². The lowest BCUT2D eigenvalue weighted by atomic mass is 10.1. The van der Waals surface area contributed by atoms with Gasteiger partial charge in [-0.05, 0) is 35.7 Å². The molecule has 10 heteroatoms. The maximum Gasteiger partial charge on any atom is 0.332 e. The van der Waals surface area contributed by atoms with E-state index in [1.54, 1.807) is 4.57 Å². The van der Waals surface area contributed by atoms with Crippen molar-refractivity contribution in [3.05, 3.63) is 92.3 Å². The number of nitrogens with zero attached hydrogens (tertiary/aromatic N) is 4. The Bertz CT molecular complexity index is 1660. The molecule has 0 saturated carbocycles. The summed E-state index contributed by atoms with van der Waals surface area (Å²) in [6.45, 7) is 0.563. The number of benzene rings is 2. The van der Waals surface area contributed by atoms with Crippen LogP contribution in [0.15, 0.2) is 58.3 Å². The Kier molecular flexibility index (Phi) is 5.27. The summed E-state index contributed by atoms with van der Waals surface area (Å²) < 4.78 is 31.2. The van der Waals surface area contributed by atoms with Crippen LogP contribution in [-0.4, -0.2) is 30.2 Å². The monoisotopic (exact) mass is 464 g/mol. The molecular weight excluding hydrogens is 442 g/mol. The molecule has 0 atom stereocenters. The molecule has 174 valence electrons. The van der Waals surface area contributed by atoms with Crippen LogP contribution >= 0.6 is 0 Å². The first-order valence-corrected chi connectivity index (χ1v) is 10.7. The molecule has 8 nitrogen and oxygen atoms in total. The molecule has 0 amide bonds. The van der Waals surface area contributed by atoms with Gasteiger partial charge in [-0.25, -0.2) is 13.6 Å².